The zero-order valence-corrected chi connectivity index (χ0v) is 10.6. The quantitative estimate of drug-likeness (QED) is 0.895. The molecule has 1 unspecified atom stereocenters. The van der Waals surface area contributed by atoms with E-state index in [4.69, 9.17) is 5.73 Å². The predicted molar refractivity (Wildman–Crippen MR) is 65.6 cm³/mol. The van der Waals surface area contributed by atoms with Crippen LogP contribution in [-0.4, -0.2) is 11.9 Å². The van der Waals surface area contributed by atoms with Crippen LogP contribution in [0, 0.1) is 5.82 Å². The van der Waals surface area contributed by atoms with Gasteiger partial charge in [-0.25, -0.2) is 4.39 Å². The number of amides is 1. The Labute approximate surface area is 102 Å². The van der Waals surface area contributed by atoms with E-state index in [1.807, 2.05) is 6.92 Å². The zero-order chi connectivity index (χ0) is 12.1. The van der Waals surface area contributed by atoms with E-state index in [0.29, 0.717) is 10.9 Å². The molecule has 0 aliphatic carbocycles. The topological polar surface area (TPSA) is 55.1 Å². The second-order valence-electron chi connectivity index (χ2n) is 3.52. The van der Waals surface area contributed by atoms with Crippen molar-refractivity contribution < 1.29 is 9.18 Å². The zero-order valence-electron chi connectivity index (χ0n) is 8.97. The van der Waals surface area contributed by atoms with E-state index in [0.717, 1.165) is 0 Å². The van der Waals surface area contributed by atoms with Gasteiger partial charge in [0, 0.05) is 16.9 Å². The molecule has 1 amide bonds. The van der Waals surface area contributed by atoms with Crippen molar-refractivity contribution in [2.75, 3.05) is 5.32 Å². The Bertz CT molecular complexity index is 364. The lowest BCUT2D eigenvalue weighted by atomic mass is 10.1. The number of nitrogens with two attached hydrogens (primary N) is 1. The molecule has 0 saturated heterocycles. The monoisotopic (exact) mass is 288 g/mol. The van der Waals surface area contributed by atoms with Crippen LogP contribution in [0.1, 0.15) is 19.8 Å². The average molecular weight is 289 g/mol. The van der Waals surface area contributed by atoms with Crippen molar-refractivity contribution >= 4 is 27.5 Å². The van der Waals surface area contributed by atoms with E-state index >= 15 is 0 Å². The number of rotatable bonds is 4. The lowest BCUT2D eigenvalue weighted by molar-refractivity contribution is -0.116. The number of carbonyl (C=O) groups is 1. The summed E-state index contributed by atoms with van der Waals surface area (Å²) >= 11 is 3.17. The van der Waals surface area contributed by atoms with E-state index in [1.54, 1.807) is 12.1 Å². The summed E-state index contributed by atoms with van der Waals surface area (Å²) in [4.78, 5) is 11.5. The second kappa shape index (κ2) is 5.96. The Morgan fingerprint density at radius 1 is 1.62 bits per heavy atom. The third-order valence-electron chi connectivity index (χ3n) is 2.20. The molecule has 0 bridgehead atoms. The molecule has 1 aromatic rings. The molecule has 0 aliphatic rings. The van der Waals surface area contributed by atoms with Crippen molar-refractivity contribution in [2.24, 2.45) is 5.73 Å². The number of halogens is 2. The maximum atomic E-state index is 13.4. The van der Waals surface area contributed by atoms with E-state index in [2.05, 4.69) is 21.2 Å². The molecule has 0 radical (unpaired) electrons. The molecule has 0 heterocycles. The molecule has 16 heavy (non-hydrogen) atoms. The van der Waals surface area contributed by atoms with Gasteiger partial charge in [0.1, 0.15) is 5.82 Å². The number of anilines is 1. The first kappa shape index (κ1) is 13.1. The van der Waals surface area contributed by atoms with Gasteiger partial charge < -0.3 is 11.1 Å². The van der Waals surface area contributed by atoms with Gasteiger partial charge in [-0.05, 0) is 34.5 Å². The normalized spacial score (nSPS) is 12.2. The van der Waals surface area contributed by atoms with E-state index in [1.165, 1.54) is 6.07 Å². The fourth-order valence-electron chi connectivity index (χ4n) is 1.19. The van der Waals surface area contributed by atoms with Crippen LogP contribution < -0.4 is 11.1 Å². The Morgan fingerprint density at radius 3 is 2.88 bits per heavy atom. The summed E-state index contributed by atoms with van der Waals surface area (Å²) in [7, 11) is 0. The molecule has 0 aliphatic heterocycles. The molecule has 88 valence electrons. The summed E-state index contributed by atoms with van der Waals surface area (Å²) in [6, 6.07) is 4.33. The molecule has 0 saturated carbocycles. The highest BCUT2D eigenvalue weighted by atomic mass is 79.9. The number of nitrogens with one attached hydrogen (secondary N) is 1. The molecular weight excluding hydrogens is 275 g/mol. The van der Waals surface area contributed by atoms with Gasteiger partial charge in [-0.1, -0.05) is 13.0 Å². The molecule has 5 heteroatoms. The first-order chi connectivity index (χ1) is 7.54. The van der Waals surface area contributed by atoms with Gasteiger partial charge in [0.2, 0.25) is 5.91 Å². The first-order valence-electron chi connectivity index (χ1n) is 5.04. The number of hydrogen-bond acceptors (Lipinski definition) is 2. The molecule has 1 rings (SSSR count). The van der Waals surface area contributed by atoms with Crippen molar-refractivity contribution in [3.05, 3.63) is 28.5 Å². The molecule has 0 aromatic heterocycles. The second-order valence-corrected chi connectivity index (χ2v) is 4.37. The van der Waals surface area contributed by atoms with Crippen LogP contribution in [0.15, 0.2) is 22.7 Å². The third kappa shape index (κ3) is 3.57. The first-order valence-corrected chi connectivity index (χ1v) is 5.83. The van der Waals surface area contributed by atoms with Crippen LogP contribution in [0.5, 0.6) is 0 Å². The van der Waals surface area contributed by atoms with Crippen molar-refractivity contribution in [1.82, 2.24) is 0 Å². The van der Waals surface area contributed by atoms with Gasteiger partial charge in [0.15, 0.2) is 0 Å². The van der Waals surface area contributed by atoms with Crippen LogP contribution in [0.25, 0.3) is 0 Å². The van der Waals surface area contributed by atoms with Crippen molar-refractivity contribution in [2.45, 2.75) is 25.8 Å². The maximum absolute atomic E-state index is 13.4. The van der Waals surface area contributed by atoms with Gasteiger partial charge in [-0.2, -0.15) is 0 Å². The van der Waals surface area contributed by atoms with Crippen molar-refractivity contribution in [1.29, 1.82) is 0 Å². The van der Waals surface area contributed by atoms with Crippen LogP contribution in [0.4, 0.5) is 10.1 Å². The Hall–Kier alpha value is -0.940. The summed E-state index contributed by atoms with van der Waals surface area (Å²) in [5.74, 6) is -0.743. The smallest absolute Gasteiger partial charge is 0.226 e. The van der Waals surface area contributed by atoms with E-state index in [-0.39, 0.29) is 24.1 Å². The van der Waals surface area contributed by atoms with Crippen molar-refractivity contribution in [3.63, 3.8) is 0 Å². The highest BCUT2D eigenvalue weighted by Crippen LogP contribution is 2.25. The standard InChI is InChI=1S/C11H14BrFN2O/c1-2-7(14)6-10(16)15-11-8(12)4-3-5-9(11)13/h3-5,7H,2,6,14H2,1H3,(H,15,16). The summed E-state index contributed by atoms with van der Waals surface area (Å²) in [6.07, 6.45) is 0.906. The Kier molecular flexibility index (Phi) is 4.89. The number of benzene rings is 1. The summed E-state index contributed by atoms with van der Waals surface area (Å²) < 4.78 is 13.9. The Balaban J connectivity index is 2.70. The van der Waals surface area contributed by atoms with Gasteiger partial charge in [-0.15, -0.1) is 0 Å². The molecule has 3 N–H and O–H groups in total. The fourth-order valence-corrected chi connectivity index (χ4v) is 1.63. The minimum absolute atomic E-state index is 0.163. The van der Waals surface area contributed by atoms with Crippen molar-refractivity contribution in [3.8, 4) is 0 Å². The molecule has 0 fully saturated rings. The van der Waals surface area contributed by atoms with Crippen LogP contribution in [0.2, 0.25) is 0 Å². The minimum atomic E-state index is -0.465. The van der Waals surface area contributed by atoms with Crippen LogP contribution >= 0.6 is 15.9 Å². The fraction of sp³-hybridized carbons (Fsp3) is 0.364. The summed E-state index contributed by atoms with van der Waals surface area (Å²) in [5.41, 5.74) is 5.80. The van der Waals surface area contributed by atoms with Gasteiger partial charge >= 0.3 is 0 Å². The molecule has 1 aromatic carbocycles. The largest absolute Gasteiger partial charge is 0.327 e. The highest BCUT2D eigenvalue weighted by Gasteiger charge is 2.12. The van der Waals surface area contributed by atoms with E-state index < -0.39 is 5.82 Å². The van der Waals surface area contributed by atoms with Gasteiger partial charge in [0.05, 0.1) is 5.69 Å². The third-order valence-corrected chi connectivity index (χ3v) is 2.86. The molecule has 3 nitrogen and oxygen atoms in total. The summed E-state index contributed by atoms with van der Waals surface area (Å²) in [5, 5.41) is 2.50. The Morgan fingerprint density at radius 2 is 2.31 bits per heavy atom. The highest BCUT2D eigenvalue weighted by molar-refractivity contribution is 9.10. The SMILES string of the molecule is CCC(N)CC(=O)Nc1c(F)cccc1Br. The molecular formula is C11H14BrFN2O. The number of hydrogen-bond donors (Lipinski definition) is 2. The predicted octanol–water partition coefficient (Wildman–Crippen LogP) is 2.65. The number of para-hydroxylation sites is 1. The lowest BCUT2D eigenvalue weighted by Gasteiger charge is -2.11. The minimum Gasteiger partial charge on any atom is -0.327 e. The summed E-state index contributed by atoms with van der Waals surface area (Å²) in [6.45, 7) is 1.90. The molecule has 0 spiro atoms. The maximum Gasteiger partial charge on any atom is 0.226 e. The van der Waals surface area contributed by atoms with Crippen LogP contribution in [-0.2, 0) is 4.79 Å². The van der Waals surface area contributed by atoms with Gasteiger partial charge in [-0.3, -0.25) is 4.79 Å². The van der Waals surface area contributed by atoms with Gasteiger partial charge in [0.25, 0.3) is 0 Å². The number of carbonyl (C=O) groups excluding carboxylic acids is 1. The lowest BCUT2D eigenvalue weighted by Crippen LogP contribution is -2.26. The molecule has 1 atom stereocenters. The average Bonchev–Trinajstić information content (AvgIpc) is 2.23. The van der Waals surface area contributed by atoms with Crippen LogP contribution in [0.3, 0.4) is 0 Å². The van der Waals surface area contributed by atoms with E-state index in [9.17, 15) is 9.18 Å².